The van der Waals surface area contributed by atoms with Gasteiger partial charge in [-0.25, -0.2) is 8.42 Å². The highest BCUT2D eigenvalue weighted by molar-refractivity contribution is 7.91. The summed E-state index contributed by atoms with van der Waals surface area (Å²) < 4.78 is 29.8. The van der Waals surface area contributed by atoms with E-state index in [0.717, 1.165) is 31.4 Å². The first-order valence-corrected chi connectivity index (χ1v) is 13.1. The van der Waals surface area contributed by atoms with Gasteiger partial charge in [0, 0.05) is 43.0 Å². The topological polar surface area (TPSA) is 82.7 Å². The van der Waals surface area contributed by atoms with Gasteiger partial charge < -0.3 is 19.5 Å². The van der Waals surface area contributed by atoms with Crippen molar-refractivity contribution in [1.82, 2.24) is 14.8 Å². The quantitative estimate of drug-likeness (QED) is 0.779. The average Bonchev–Trinajstić information content (AvgIpc) is 3.33. The van der Waals surface area contributed by atoms with E-state index in [9.17, 15) is 13.2 Å². The van der Waals surface area contributed by atoms with Crippen LogP contribution in [0.5, 0.6) is 0 Å². The summed E-state index contributed by atoms with van der Waals surface area (Å²) in [7, 11) is -0.976. The first-order chi connectivity index (χ1) is 14.9. The lowest BCUT2D eigenvalue weighted by Crippen LogP contribution is -2.49. The zero-order valence-electron chi connectivity index (χ0n) is 18.1. The van der Waals surface area contributed by atoms with Crippen LogP contribution in [0, 0.1) is 0 Å². The predicted octanol–water partition coefficient (Wildman–Crippen LogP) is 2.07. The van der Waals surface area contributed by atoms with E-state index < -0.39 is 9.84 Å². The molecule has 1 spiro atoms. The Morgan fingerprint density at radius 1 is 1.29 bits per heavy atom. The van der Waals surface area contributed by atoms with Crippen molar-refractivity contribution in [3.05, 3.63) is 35.5 Å². The molecule has 0 radical (unpaired) electrons. The number of amides is 1. The average molecular weight is 446 g/mol. The predicted molar refractivity (Wildman–Crippen MR) is 120 cm³/mol. The van der Waals surface area contributed by atoms with Crippen LogP contribution in [0.2, 0.25) is 0 Å². The van der Waals surface area contributed by atoms with E-state index in [0.29, 0.717) is 32.5 Å². The third-order valence-corrected chi connectivity index (χ3v) is 9.18. The Morgan fingerprint density at radius 2 is 2.06 bits per heavy atom. The molecule has 2 fully saturated rings. The highest BCUT2D eigenvalue weighted by Gasteiger charge is 2.43. The molecule has 5 rings (SSSR count). The number of piperidine rings is 1. The smallest absolute Gasteiger partial charge is 0.223 e. The van der Waals surface area contributed by atoms with Crippen LogP contribution in [-0.4, -0.2) is 79.9 Å². The largest absolute Gasteiger partial charge is 0.368 e. The second-order valence-electron chi connectivity index (χ2n) is 9.29. The minimum Gasteiger partial charge on any atom is -0.368 e. The highest BCUT2D eigenvalue weighted by Crippen LogP contribution is 2.43. The first-order valence-electron chi connectivity index (χ1n) is 11.3. The number of carbonyl (C=O) groups excluding carboxylic acids is 1. The van der Waals surface area contributed by atoms with Crippen molar-refractivity contribution >= 4 is 26.6 Å². The van der Waals surface area contributed by atoms with Crippen LogP contribution in [0.4, 0.5) is 0 Å². The van der Waals surface area contributed by atoms with Crippen LogP contribution in [0.25, 0.3) is 10.9 Å². The molecule has 1 N–H and O–H groups in total. The SMILES string of the molecule is CN(CCC(=O)N1CCC2(CC1)OCCc1c2[nH]c2ccccc12)C1CCS(=O)(=O)C1. The maximum absolute atomic E-state index is 12.8. The van der Waals surface area contributed by atoms with Gasteiger partial charge >= 0.3 is 0 Å². The summed E-state index contributed by atoms with van der Waals surface area (Å²) in [5, 5.41) is 1.29. The van der Waals surface area contributed by atoms with Crippen LogP contribution in [-0.2, 0) is 31.4 Å². The molecule has 1 aromatic carbocycles. The summed E-state index contributed by atoms with van der Waals surface area (Å²) in [6, 6.07) is 8.47. The third kappa shape index (κ3) is 3.90. The molecule has 2 aromatic rings. The van der Waals surface area contributed by atoms with Crippen LogP contribution >= 0.6 is 0 Å². The molecule has 168 valence electrons. The molecule has 0 aliphatic carbocycles. The van der Waals surface area contributed by atoms with Crippen molar-refractivity contribution in [1.29, 1.82) is 0 Å². The van der Waals surface area contributed by atoms with Gasteiger partial charge in [0.1, 0.15) is 5.60 Å². The van der Waals surface area contributed by atoms with Crippen molar-refractivity contribution in [2.24, 2.45) is 0 Å². The molecule has 0 bridgehead atoms. The number of carbonyl (C=O) groups is 1. The number of aromatic nitrogens is 1. The van der Waals surface area contributed by atoms with E-state index in [1.807, 2.05) is 16.8 Å². The van der Waals surface area contributed by atoms with Crippen LogP contribution < -0.4 is 0 Å². The van der Waals surface area contributed by atoms with Gasteiger partial charge in [-0.1, -0.05) is 18.2 Å². The van der Waals surface area contributed by atoms with Crippen LogP contribution in [0.3, 0.4) is 0 Å². The number of benzene rings is 1. The Balaban J connectivity index is 1.21. The molecule has 7 nitrogen and oxygen atoms in total. The molecule has 3 aliphatic rings. The van der Waals surface area contributed by atoms with Gasteiger partial charge in [0.15, 0.2) is 9.84 Å². The molecule has 31 heavy (non-hydrogen) atoms. The molecule has 1 aromatic heterocycles. The number of hydrogen-bond acceptors (Lipinski definition) is 5. The summed E-state index contributed by atoms with van der Waals surface area (Å²) >= 11 is 0. The lowest BCUT2D eigenvalue weighted by Gasteiger charge is -2.44. The van der Waals surface area contributed by atoms with E-state index in [-0.39, 0.29) is 29.1 Å². The number of rotatable bonds is 4. The molecule has 1 unspecified atom stereocenters. The fourth-order valence-corrected chi connectivity index (χ4v) is 7.32. The summed E-state index contributed by atoms with van der Waals surface area (Å²) in [4.78, 5) is 20.4. The summed E-state index contributed by atoms with van der Waals surface area (Å²) in [5.74, 6) is 0.629. The van der Waals surface area contributed by atoms with Gasteiger partial charge in [0.25, 0.3) is 0 Å². The Hall–Kier alpha value is -1.90. The molecule has 1 atom stereocenters. The lowest BCUT2D eigenvalue weighted by molar-refractivity contribution is -0.141. The Kier molecular flexibility index (Phi) is 5.35. The maximum Gasteiger partial charge on any atom is 0.223 e. The van der Waals surface area contributed by atoms with Crippen LogP contribution in [0.1, 0.15) is 36.9 Å². The Morgan fingerprint density at radius 3 is 2.81 bits per heavy atom. The molecule has 0 saturated carbocycles. The normalized spacial score (nSPS) is 24.7. The number of likely N-dealkylation sites (tertiary alicyclic amines) is 1. The maximum atomic E-state index is 12.8. The second-order valence-corrected chi connectivity index (χ2v) is 11.5. The lowest BCUT2D eigenvalue weighted by atomic mass is 9.83. The minimum absolute atomic E-state index is 0.0403. The third-order valence-electron chi connectivity index (χ3n) is 7.43. The summed E-state index contributed by atoms with van der Waals surface area (Å²) in [6.07, 6.45) is 3.62. The molecule has 4 heterocycles. The standard InChI is InChI=1S/C23H31N3O4S/c1-25(17-8-15-31(28,29)16-17)11-6-21(27)26-12-9-23(10-13-26)22-19(7-14-30-23)18-4-2-3-5-20(18)24-22/h2-5,17,24H,6-16H2,1H3. The van der Waals surface area contributed by atoms with Crippen molar-refractivity contribution in [3.8, 4) is 0 Å². The molecule has 8 heteroatoms. The number of sulfone groups is 1. The van der Waals surface area contributed by atoms with E-state index >= 15 is 0 Å². The van der Waals surface area contributed by atoms with E-state index in [1.165, 1.54) is 16.6 Å². The van der Waals surface area contributed by atoms with Crippen molar-refractivity contribution in [3.63, 3.8) is 0 Å². The number of aromatic amines is 1. The highest BCUT2D eigenvalue weighted by atomic mass is 32.2. The molecule has 3 aliphatic heterocycles. The Labute approximate surface area is 183 Å². The number of fused-ring (bicyclic) bond motifs is 4. The van der Waals surface area contributed by atoms with Gasteiger partial charge in [0.2, 0.25) is 5.91 Å². The molecular formula is C23H31N3O4S. The van der Waals surface area contributed by atoms with Crippen LogP contribution in [0.15, 0.2) is 24.3 Å². The van der Waals surface area contributed by atoms with Gasteiger partial charge in [-0.05, 0) is 44.4 Å². The minimum atomic E-state index is -2.90. The number of nitrogens with zero attached hydrogens (tertiary/aromatic N) is 2. The van der Waals surface area contributed by atoms with Crippen molar-refractivity contribution < 1.29 is 17.9 Å². The van der Waals surface area contributed by atoms with E-state index in [4.69, 9.17) is 4.74 Å². The summed E-state index contributed by atoms with van der Waals surface area (Å²) in [5.41, 5.74) is 3.41. The number of ether oxygens (including phenoxy) is 1. The van der Waals surface area contributed by atoms with E-state index in [2.05, 4.69) is 29.2 Å². The number of para-hydroxylation sites is 1. The van der Waals surface area contributed by atoms with Gasteiger partial charge in [-0.15, -0.1) is 0 Å². The monoisotopic (exact) mass is 445 g/mol. The van der Waals surface area contributed by atoms with Crippen molar-refractivity contribution in [2.75, 3.05) is 44.8 Å². The number of nitrogens with one attached hydrogen (secondary N) is 1. The zero-order chi connectivity index (χ0) is 21.6. The van der Waals surface area contributed by atoms with E-state index in [1.54, 1.807) is 0 Å². The van der Waals surface area contributed by atoms with Gasteiger partial charge in [-0.3, -0.25) is 4.79 Å². The molecule has 2 saturated heterocycles. The fourth-order valence-electron chi connectivity index (χ4n) is 5.52. The molecule has 1 amide bonds. The fraction of sp³-hybridized carbons (Fsp3) is 0.609. The van der Waals surface area contributed by atoms with Gasteiger partial charge in [0.05, 0.1) is 23.8 Å². The van der Waals surface area contributed by atoms with Gasteiger partial charge in [-0.2, -0.15) is 0 Å². The van der Waals surface area contributed by atoms with Crippen molar-refractivity contribution in [2.45, 2.75) is 43.7 Å². The molecular weight excluding hydrogens is 414 g/mol. The first kappa shape index (κ1) is 21.0. The summed E-state index contributed by atoms with van der Waals surface area (Å²) in [6.45, 7) is 2.70. The number of H-pyrrole nitrogens is 1. The second kappa shape index (κ2) is 7.90. The zero-order valence-corrected chi connectivity index (χ0v) is 18.9. The Bertz CT molecular complexity index is 1090. The number of hydrogen-bond donors (Lipinski definition) is 1.